The minimum Gasteiger partial charge on any atom is -0.487 e. The van der Waals surface area contributed by atoms with Gasteiger partial charge in [0.1, 0.15) is 5.69 Å². The molecule has 96 valence electrons. The summed E-state index contributed by atoms with van der Waals surface area (Å²) in [7, 11) is 0. The van der Waals surface area contributed by atoms with Gasteiger partial charge in [0.25, 0.3) is 10.9 Å². The minimum absolute atomic E-state index is 0.145. The Kier molecular flexibility index (Phi) is 4.73. The standard InChI is InChI=1S/C13H21NO3/c1-5-6-7-17-13-10(11(15)12(13)16)14-9(4)8(2)3/h8-9,14H,5-7H2,1-4H3. The van der Waals surface area contributed by atoms with Crippen molar-refractivity contribution in [2.45, 2.75) is 46.6 Å². The maximum absolute atomic E-state index is 11.4. The Bertz CT molecular complexity index is 430. The van der Waals surface area contributed by atoms with Crippen LogP contribution in [0.2, 0.25) is 0 Å². The maximum Gasteiger partial charge on any atom is 0.272 e. The molecule has 0 bridgehead atoms. The largest absolute Gasteiger partial charge is 0.487 e. The van der Waals surface area contributed by atoms with Gasteiger partial charge in [-0.25, -0.2) is 0 Å². The van der Waals surface area contributed by atoms with Crippen molar-refractivity contribution in [1.29, 1.82) is 0 Å². The molecular weight excluding hydrogens is 218 g/mol. The highest BCUT2D eigenvalue weighted by Crippen LogP contribution is 2.20. The lowest BCUT2D eigenvalue weighted by Gasteiger charge is -2.21. The Balaban J connectivity index is 2.69. The van der Waals surface area contributed by atoms with E-state index in [1.165, 1.54) is 0 Å². The van der Waals surface area contributed by atoms with E-state index in [4.69, 9.17) is 4.74 Å². The van der Waals surface area contributed by atoms with Crippen LogP contribution in [0.4, 0.5) is 5.69 Å². The van der Waals surface area contributed by atoms with Gasteiger partial charge in [-0.3, -0.25) is 9.59 Å². The summed E-state index contributed by atoms with van der Waals surface area (Å²) in [6.45, 7) is 8.64. The molecule has 1 atom stereocenters. The summed E-state index contributed by atoms with van der Waals surface area (Å²) in [6.07, 6.45) is 1.89. The summed E-state index contributed by atoms with van der Waals surface area (Å²) in [5.41, 5.74) is -0.601. The normalized spacial score (nSPS) is 13.0. The van der Waals surface area contributed by atoms with E-state index in [2.05, 4.69) is 19.2 Å². The lowest BCUT2D eigenvalue weighted by Crippen LogP contribution is -2.38. The quantitative estimate of drug-likeness (QED) is 0.583. The van der Waals surface area contributed by atoms with Gasteiger partial charge in [0, 0.05) is 6.04 Å². The van der Waals surface area contributed by atoms with Crippen LogP contribution in [0.25, 0.3) is 0 Å². The molecule has 0 amide bonds. The Morgan fingerprint density at radius 1 is 1.18 bits per heavy atom. The Labute approximate surface area is 102 Å². The van der Waals surface area contributed by atoms with Crippen LogP contribution in [-0.2, 0) is 0 Å². The second kappa shape index (κ2) is 5.84. The Morgan fingerprint density at radius 3 is 2.35 bits per heavy atom. The van der Waals surface area contributed by atoms with Crippen LogP contribution in [-0.4, -0.2) is 12.6 Å². The zero-order chi connectivity index (χ0) is 13.0. The van der Waals surface area contributed by atoms with E-state index >= 15 is 0 Å². The predicted octanol–water partition coefficient (Wildman–Crippen LogP) is 1.92. The van der Waals surface area contributed by atoms with E-state index in [0.717, 1.165) is 12.8 Å². The van der Waals surface area contributed by atoms with Crippen molar-refractivity contribution in [3.05, 3.63) is 20.4 Å². The second-order valence-electron chi connectivity index (χ2n) is 4.74. The molecule has 1 aromatic carbocycles. The minimum atomic E-state index is -0.500. The molecule has 0 radical (unpaired) electrons. The van der Waals surface area contributed by atoms with Gasteiger partial charge in [-0.1, -0.05) is 27.2 Å². The lowest BCUT2D eigenvalue weighted by atomic mass is 10.1. The van der Waals surface area contributed by atoms with E-state index in [-0.39, 0.29) is 11.8 Å². The molecule has 1 aromatic rings. The first-order chi connectivity index (χ1) is 7.99. The Hall–Kier alpha value is -1.32. The zero-order valence-corrected chi connectivity index (χ0v) is 11.0. The summed E-state index contributed by atoms with van der Waals surface area (Å²) in [5.74, 6) is 0.610. The molecule has 17 heavy (non-hydrogen) atoms. The van der Waals surface area contributed by atoms with Gasteiger partial charge in [0.05, 0.1) is 6.61 Å². The van der Waals surface area contributed by atoms with Gasteiger partial charge in [-0.15, -0.1) is 0 Å². The van der Waals surface area contributed by atoms with Crippen molar-refractivity contribution < 1.29 is 4.74 Å². The van der Waals surface area contributed by atoms with Gasteiger partial charge in [-0.05, 0) is 19.3 Å². The van der Waals surface area contributed by atoms with E-state index in [9.17, 15) is 9.59 Å². The van der Waals surface area contributed by atoms with E-state index < -0.39 is 10.9 Å². The predicted molar refractivity (Wildman–Crippen MR) is 69.7 cm³/mol. The van der Waals surface area contributed by atoms with Crippen LogP contribution in [0.15, 0.2) is 9.59 Å². The lowest BCUT2D eigenvalue weighted by molar-refractivity contribution is 0.304. The molecule has 0 spiro atoms. The first-order valence-corrected chi connectivity index (χ1v) is 6.21. The third-order valence-corrected chi connectivity index (χ3v) is 2.98. The zero-order valence-electron chi connectivity index (χ0n) is 11.0. The average Bonchev–Trinajstić information content (AvgIpc) is 2.31. The molecule has 1 N–H and O–H groups in total. The van der Waals surface area contributed by atoms with Crippen molar-refractivity contribution in [3.8, 4) is 5.75 Å². The Morgan fingerprint density at radius 2 is 1.82 bits per heavy atom. The third-order valence-electron chi connectivity index (χ3n) is 2.98. The number of rotatable bonds is 7. The van der Waals surface area contributed by atoms with E-state index in [0.29, 0.717) is 18.2 Å². The fourth-order valence-corrected chi connectivity index (χ4v) is 1.35. The molecule has 1 rings (SSSR count). The molecule has 4 nitrogen and oxygen atoms in total. The van der Waals surface area contributed by atoms with Crippen LogP contribution in [0.5, 0.6) is 5.75 Å². The first kappa shape index (κ1) is 13.7. The molecule has 0 aliphatic heterocycles. The SMILES string of the molecule is CCCCOc1c(NC(C)C(C)C)c(=O)c1=O. The van der Waals surface area contributed by atoms with Gasteiger partial charge in [0.2, 0.25) is 0 Å². The summed E-state index contributed by atoms with van der Waals surface area (Å²) in [5, 5.41) is 3.06. The molecule has 0 saturated heterocycles. The summed E-state index contributed by atoms with van der Waals surface area (Å²) >= 11 is 0. The highest BCUT2D eigenvalue weighted by Gasteiger charge is 2.24. The molecule has 0 aromatic heterocycles. The van der Waals surface area contributed by atoms with Gasteiger partial charge in [0.15, 0.2) is 5.75 Å². The number of hydrogen-bond acceptors (Lipinski definition) is 4. The maximum atomic E-state index is 11.4. The van der Waals surface area contributed by atoms with Crippen LogP contribution in [0.1, 0.15) is 40.5 Å². The number of hydrogen-bond donors (Lipinski definition) is 1. The average molecular weight is 239 g/mol. The fourth-order valence-electron chi connectivity index (χ4n) is 1.35. The van der Waals surface area contributed by atoms with Crippen LogP contribution in [0, 0.1) is 5.92 Å². The number of nitrogens with one attached hydrogen (secondary N) is 1. The first-order valence-electron chi connectivity index (χ1n) is 6.21. The highest BCUT2D eigenvalue weighted by molar-refractivity contribution is 5.62. The second-order valence-corrected chi connectivity index (χ2v) is 4.74. The molecule has 1 unspecified atom stereocenters. The smallest absolute Gasteiger partial charge is 0.272 e. The van der Waals surface area contributed by atoms with Gasteiger partial charge >= 0.3 is 0 Å². The van der Waals surface area contributed by atoms with E-state index in [1.807, 2.05) is 13.8 Å². The molecule has 0 fully saturated rings. The van der Waals surface area contributed by atoms with Gasteiger partial charge < -0.3 is 10.1 Å². The molecule has 0 aliphatic carbocycles. The highest BCUT2D eigenvalue weighted by atomic mass is 16.5. The van der Waals surface area contributed by atoms with Crippen molar-refractivity contribution in [3.63, 3.8) is 0 Å². The van der Waals surface area contributed by atoms with E-state index in [1.54, 1.807) is 0 Å². The summed E-state index contributed by atoms with van der Waals surface area (Å²) in [6, 6.07) is 0.145. The van der Waals surface area contributed by atoms with Crippen molar-refractivity contribution in [2.75, 3.05) is 11.9 Å². The van der Waals surface area contributed by atoms with Crippen LogP contribution < -0.4 is 20.9 Å². The van der Waals surface area contributed by atoms with Gasteiger partial charge in [-0.2, -0.15) is 0 Å². The molecule has 0 saturated carbocycles. The number of ether oxygens (including phenoxy) is 1. The molecule has 4 heteroatoms. The van der Waals surface area contributed by atoms with Crippen molar-refractivity contribution in [2.24, 2.45) is 5.92 Å². The molecular formula is C13H21NO3. The summed E-state index contributed by atoms with van der Waals surface area (Å²) < 4.78 is 5.34. The molecule has 0 heterocycles. The summed E-state index contributed by atoms with van der Waals surface area (Å²) in [4.78, 5) is 22.8. The van der Waals surface area contributed by atoms with Crippen LogP contribution in [0.3, 0.4) is 0 Å². The number of anilines is 1. The van der Waals surface area contributed by atoms with Crippen molar-refractivity contribution >= 4 is 5.69 Å². The third kappa shape index (κ3) is 3.08. The fraction of sp³-hybridized carbons (Fsp3) is 0.692. The molecule has 0 aliphatic rings. The number of unbranched alkanes of at least 4 members (excludes halogenated alkanes) is 1. The topological polar surface area (TPSA) is 55.4 Å². The van der Waals surface area contributed by atoms with Crippen LogP contribution >= 0.6 is 0 Å². The monoisotopic (exact) mass is 239 g/mol. The van der Waals surface area contributed by atoms with Crippen molar-refractivity contribution in [1.82, 2.24) is 0 Å².